The van der Waals surface area contributed by atoms with Gasteiger partial charge in [-0.15, -0.1) is 0 Å². The second-order valence-electron chi connectivity index (χ2n) is 4.32. The van der Waals surface area contributed by atoms with Gasteiger partial charge in [0.2, 0.25) is 5.91 Å². The zero-order valence-corrected chi connectivity index (χ0v) is 11.4. The molecule has 1 aromatic carbocycles. The van der Waals surface area contributed by atoms with Gasteiger partial charge in [-0.3, -0.25) is 4.79 Å². The molecule has 18 heavy (non-hydrogen) atoms. The van der Waals surface area contributed by atoms with E-state index in [1.54, 1.807) is 0 Å². The number of rotatable bonds is 7. The first-order chi connectivity index (χ1) is 8.63. The molecule has 0 aliphatic carbocycles. The lowest BCUT2D eigenvalue weighted by atomic mass is 10.1. The molecule has 1 amide bonds. The van der Waals surface area contributed by atoms with Crippen molar-refractivity contribution in [3.05, 3.63) is 29.3 Å². The predicted octanol–water partition coefficient (Wildman–Crippen LogP) is 1.41. The number of carbonyl (C=O) groups excluding carboxylic acids is 1. The van der Waals surface area contributed by atoms with Gasteiger partial charge in [0.05, 0.1) is 13.0 Å². The van der Waals surface area contributed by atoms with Gasteiger partial charge < -0.3 is 15.4 Å². The quantitative estimate of drug-likeness (QED) is 0.719. The molecule has 4 heteroatoms. The molecule has 100 valence electrons. The van der Waals surface area contributed by atoms with Crippen molar-refractivity contribution in [2.45, 2.75) is 20.3 Å². The summed E-state index contributed by atoms with van der Waals surface area (Å²) in [5.74, 6) is 0.874. The number of benzene rings is 1. The van der Waals surface area contributed by atoms with Crippen LogP contribution in [0.4, 0.5) is 0 Å². The van der Waals surface area contributed by atoms with E-state index < -0.39 is 0 Å². The maximum atomic E-state index is 11.4. The van der Waals surface area contributed by atoms with Gasteiger partial charge in [-0.25, -0.2) is 0 Å². The second kappa shape index (κ2) is 7.71. The molecular formula is C14H22N2O2. The summed E-state index contributed by atoms with van der Waals surface area (Å²) >= 11 is 0. The van der Waals surface area contributed by atoms with Crippen molar-refractivity contribution in [3.63, 3.8) is 0 Å². The Kier molecular flexibility index (Phi) is 6.22. The van der Waals surface area contributed by atoms with Crippen molar-refractivity contribution < 1.29 is 9.53 Å². The smallest absolute Gasteiger partial charge is 0.223 e. The summed E-state index contributed by atoms with van der Waals surface area (Å²) in [7, 11) is 1.86. The van der Waals surface area contributed by atoms with E-state index in [2.05, 4.69) is 16.7 Å². The van der Waals surface area contributed by atoms with E-state index in [-0.39, 0.29) is 5.91 Å². The summed E-state index contributed by atoms with van der Waals surface area (Å²) in [6.45, 7) is 5.90. The molecule has 0 aromatic heterocycles. The summed E-state index contributed by atoms with van der Waals surface area (Å²) in [6, 6.07) is 6.03. The van der Waals surface area contributed by atoms with Crippen LogP contribution in [0.5, 0.6) is 5.75 Å². The number of likely N-dealkylation sites (N-methyl/N-ethyl adjacent to an activating group) is 1. The SMILES string of the molecule is CNCCNC(=O)CCOc1ccc(C)cc1C. The molecule has 0 fully saturated rings. The van der Waals surface area contributed by atoms with E-state index in [0.29, 0.717) is 19.6 Å². The fourth-order valence-corrected chi connectivity index (χ4v) is 1.63. The van der Waals surface area contributed by atoms with E-state index in [1.807, 2.05) is 33.0 Å². The number of ether oxygens (including phenoxy) is 1. The normalized spacial score (nSPS) is 10.2. The zero-order chi connectivity index (χ0) is 13.4. The minimum absolute atomic E-state index is 0.0232. The molecule has 0 aliphatic rings. The molecule has 0 bridgehead atoms. The van der Waals surface area contributed by atoms with Crippen LogP contribution < -0.4 is 15.4 Å². The predicted molar refractivity (Wildman–Crippen MR) is 73.0 cm³/mol. The Bertz CT molecular complexity index is 391. The highest BCUT2D eigenvalue weighted by Gasteiger charge is 2.03. The van der Waals surface area contributed by atoms with Gasteiger partial charge in [-0.1, -0.05) is 17.7 Å². The van der Waals surface area contributed by atoms with Gasteiger partial charge >= 0.3 is 0 Å². The Morgan fingerprint density at radius 3 is 2.72 bits per heavy atom. The largest absolute Gasteiger partial charge is 0.493 e. The van der Waals surface area contributed by atoms with Gasteiger partial charge in [0.1, 0.15) is 5.75 Å². The lowest BCUT2D eigenvalue weighted by Gasteiger charge is -2.10. The van der Waals surface area contributed by atoms with E-state index >= 15 is 0 Å². The van der Waals surface area contributed by atoms with Gasteiger partial charge in [-0.05, 0) is 32.5 Å². The zero-order valence-electron chi connectivity index (χ0n) is 11.4. The maximum Gasteiger partial charge on any atom is 0.223 e. The lowest BCUT2D eigenvalue weighted by molar-refractivity contribution is -0.121. The van der Waals surface area contributed by atoms with Crippen LogP contribution in [0.1, 0.15) is 17.5 Å². The molecule has 0 spiro atoms. The molecule has 0 saturated heterocycles. The number of carbonyl (C=O) groups is 1. The van der Waals surface area contributed by atoms with Gasteiger partial charge in [0.15, 0.2) is 0 Å². The van der Waals surface area contributed by atoms with Crippen LogP contribution in [-0.4, -0.2) is 32.7 Å². The lowest BCUT2D eigenvalue weighted by Crippen LogP contribution is -2.31. The van der Waals surface area contributed by atoms with Crippen molar-refractivity contribution in [1.29, 1.82) is 0 Å². The van der Waals surface area contributed by atoms with E-state index in [4.69, 9.17) is 4.74 Å². The van der Waals surface area contributed by atoms with E-state index in [9.17, 15) is 4.79 Å². The average molecular weight is 250 g/mol. The molecule has 1 aromatic rings. The van der Waals surface area contributed by atoms with Gasteiger partial charge in [0.25, 0.3) is 0 Å². The second-order valence-corrected chi connectivity index (χ2v) is 4.32. The minimum Gasteiger partial charge on any atom is -0.493 e. The third kappa shape index (κ3) is 5.19. The van der Waals surface area contributed by atoms with Crippen LogP contribution in [0.2, 0.25) is 0 Å². The minimum atomic E-state index is 0.0232. The Balaban J connectivity index is 2.26. The number of aryl methyl sites for hydroxylation is 2. The molecule has 0 atom stereocenters. The first-order valence-electron chi connectivity index (χ1n) is 6.25. The van der Waals surface area contributed by atoms with Gasteiger partial charge in [0, 0.05) is 13.1 Å². The fraction of sp³-hybridized carbons (Fsp3) is 0.500. The Hall–Kier alpha value is -1.55. The molecule has 0 unspecified atom stereocenters. The number of nitrogens with one attached hydrogen (secondary N) is 2. The third-order valence-corrected chi connectivity index (χ3v) is 2.61. The highest BCUT2D eigenvalue weighted by molar-refractivity contribution is 5.75. The van der Waals surface area contributed by atoms with Gasteiger partial charge in [-0.2, -0.15) is 0 Å². The molecule has 4 nitrogen and oxygen atoms in total. The van der Waals surface area contributed by atoms with Crippen LogP contribution in [-0.2, 0) is 4.79 Å². The van der Waals surface area contributed by atoms with Crippen LogP contribution in [0, 0.1) is 13.8 Å². The molecular weight excluding hydrogens is 228 g/mol. The number of amides is 1. The highest BCUT2D eigenvalue weighted by Crippen LogP contribution is 2.18. The first kappa shape index (κ1) is 14.5. The van der Waals surface area contributed by atoms with Crippen LogP contribution in [0.25, 0.3) is 0 Å². The van der Waals surface area contributed by atoms with Crippen LogP contribution in [0.15, 0.2) is 18.2 Å². The molecule has 0 radical (unpaired) electrons. The van der Waals surface area contributed by atoms with Crippen molar-refractivity contribution in [1.82, 2.24) is 10.6 Å². The number of hydrogen-bond acceptors (Lipinski definition) is 3. The average Bonchev–Trinajstić information content (AvgIpc) is 2.32. The summed E-state index contributed by atoms with van der Waals surface area (Å²) in [5, 5.41) is 5.78. The van der Waals surface area contributed by atoms with Crippen LogP contribution >= 0.6 is 0 Å². The fourth-order valence-electron chi connectivity index (χ4n) is 1.63. The highest BCUT2D eigenvalue weighted by atomic mass is 16.5. The molecule has 1 rings (SSSR count). The van der Waals surface area contributed by atoms with Crippen LogP contribution in [0.3, 0.4) is 0 Å². The van der Waals surface area contributed by atoms with Crippen molar-refractivity contribution >= 4 is 5.91 Å². The monoisotopic (exact) mass is 250 g/mol. The standard InChI is InChI=1S/C14H22N2O2/c1-11-4-5-13(12(2)10-11)18-9-6-14(17)16-8-7-15-3/h4-5,10,15H,6-9H2,1-3H3,(H,16,17). The summed E-state index contributed by atoms with van der Waals surface area (Å²) < 4.78 is 5.59. The Labute approximate surface area is 109 Å². The molecule has 0 aliphatic heterocycles. The Morgan fingerprint density at radius 1 is 1.28 bits per heavy atom. The molecule has 0 heterocycles. The van der Waals surface area contributed by atoms with Crippen molar-refractivity contribution in [2.75, 3.05) is 26.7 Å². The number of hydrogen-bond donors (Lipinski definition) is 2. The summed E-state index contributed by atoms with van der Waals surface area (Å²) in [6.07, 6.45) is 0.386. The van der Waals surface area contributed by atoms with Crippen molar-refractivity contribution in [3.8, 4) is 5.75 Å². The molecule has 0 saturated carbocycles. The summed E-state index contributed by atoms with van der Waals surface area (Å²) in [4.78, 5) is 11.4. The van der Waals surface area contributed by atoms with E-state index in [1.165, 1.54) is 5.56 Å². The third-order valence-electron chi connectivity index (χ3n) is 2.61. The maximum absolute atomic E-state index is 11.4. The Morgan fingerprint density at radius 2 is 2.06 bits per heavy atom. The van der Waals surface area contributed by atoms with E-state index in [0.717, 1.165) is 17.9 Å². The van der Waals surface area contributed by atoms with Crippen molar-refractivity contribution in [2.24, 2.45) is 0 Å². The molecule has 2 N–H and O–H groups in total. The topological polar surface area (TPSA) is 50.4 Å². The summed E-state index contributed by atoms with van der Waals surface area (Å²) in [5.41, 5.74) is 2.32. The first-order valence-corrected chi connectivity index (χ1v) is 6.25.